The first-order valence-electron chi connectivity index (χ1n) is 7.42. The van der Waals surface area contributed by atoms with Crippen molar-refractivity contribution in [3.05, 3.63) is 78.5 Å². The molecule has 1 heterocycles. The average Bonchev–Trinajstić information content (AvgIpc) is 2.57. The molecule has 0 atom stereocenters. The summed E-state index contributed by atoms with van der Waals surface area (Å²) in [6.45, 7) is 2.11. The SMILES string of the molecule is Cc1ccccc1Nc1ccnc2c1ccc1ccccc12. The zero-order valence-corrected chi connectivity index (χ0v) is 12.4. The molecule has 1 N–H and O–H groups in total. The highest BCUT2D eigenvalue weighted by Crippen LogP contribution is 2.30. The standard InChI is InChI=1S/C20H16N2/c1-14-6-2-5-9-18(14)22-19-12-13-21-20-16-8-4-3-7-15(16)10-11-17(19)20/h2-13H,1H3,(H,21,22). The Morgan fingerprint density at radius 1 is 0.727 bits per heavy atom. The molecule has 0 radical (unpaired) electrons. The lowest BCUT2D eigenvalue weighted by Gasteiger charge is -2.12. The minimum Gasteiger partial charge on any atom is -0.355 e. The lowest BCUT2D eigenvalue weighted by molar-refractivity contribution is 1.40. The summed E-state index contributed by atoms with van der Waals surface area (Å²) in [6, 6.07) is 23.0. The molecule has 0 saturated carbocycles. The zero-order valence-electron chi connectivity index (χ0n) is 12.4. The number of rotatable bonds is 2. The first kappa shape index (κ1) is 12.8. The van der Waals surface area contributed by atoms with Gasteiger partial charge in [0.2, 0.25) is 0 Å². The second kappa shape index (κ2) is 5.15. The van der Waals surface area contributed by atoms with E-state index >= 15 is 0 Å². The van der Waals surface area contributed by atoms with Gasteiger partial charge in [0.15, 0.2) is 0 Å². The molecule has 0 unspecified atom stereocenters. The number of pyridine rings is 1. The van der Waals surface area contributed by atoms with Crippen LogP contribution in [0.4, 0.5) is 11.4 Å². The van der Waals surface area contributed by atoms with Gasteiger partial charge in [0.25, 0.3) is 0 Å². The highest BCUT2D eigenvalue weighted by molar-refractivity contribution is 6.09. The van der Waals surface area contributed by atoms with Crippen LogP contribution in [0.3, 0.4) is 0 Å². The van der Waals surface area contributed by atoms with Gasteiger partial charge in [0, 0.05) is 28.3 Å². The zero-order chi connectivity index (χ0) is 14.9. The summed E-state index contributed by atoms with van der Waals surface area (Å²) in [5, 5.41) is 7.09. The van der Waals surface area contributed by atoms with Crippen LogP contribution in [0.5, 0.6) is 0 Å². The van der Waals surface area contributed by atoms with Crippen molar-refractivity contribution in [3.8, 4) is 0 Å². The van der Waals surface area contributed by atoms with Crippen LogP contribution in [0.2, 0.25) is 0 Å². The van der Waals surface area contributed by atoms with E-state index < -0.39 is 0 Å². The molecule has 0 amide bonds. The fourth-order valence-electron chi connectivity index (χ4n) is 2.85. The van der Waals surface area contributed by atoms with E-state index in [2.05, 4.69) is 71.8 Å². The van der Waals surface area contributed by atoms with E-state index in [-0.39, 0.29) is 0 Å². The Morgan fingerprint density at radius 3 is 2.45 bits per heavy atom. The van der Waals surface area contributed by atoms with E-state index in [1.807, 2.05) is 18.3 Å². The lowest BCUT2D eigenvalue weighted by Crippen LogP contribution is -1.95. The summed E-state index contributed by atoms with van der Waals surface area (Å²) < 4.78 is 0. The largest absolute Gasteiger partial charge is 0.355 e. The van der Waals surface area contributed by atoms with E-state index in [1.165, 1.54) is 16.3 Å². The first-order chi connectivity index (χ1) is 10.8. The van der Waals surface area contributed by atoms with Crippen LogP contribution in [-0.4, -0.2) is 4.98 Å². The second-order valence-corrected chi connectivity index (χ2v) is 5.48. The molecule has 0 aliphatic carbocycles. The van der Waals surface area contributed by atoms with Gasteiger partial charge in [-0.15, -0.1) is 0 Å². The smallest absolute Gasteiger partial charge is 0.0801 e. The monoisotopic (exact) mass is 284 g/mol. The van der Waals surface area contributed by atoms with Crippen molar-refractivity contribution in [2.75, 3.05) is 5.32 Å². The molecule has 2 heteroatoms. The molecule has 0 aliphatic heterocycles. The van der Waals surface area contributed by atoms with Gasteiger partial charge >= 0.3 is 0 Å². The molecule has 3 aromatic carbocycles. The van der Waals surface area contributed by atoms with Crippen molar-refractivity contribution in [1.29, 1.82) is 0 Å². The molecule has 0 bridgehead atoms. The molecular weight excluding hydrogens is 268 g/mol. The minimum absolute atomic E-state index is 1.04. The van der Waals surface area contributed by atoms with Crippen LogP contribution in [0.25, 0.3) is 21.7 Å². The van der Waals surface area contributed by atoms with Gasteiger partial charge in [0.05, 0.1) is 5.52 Å². The van der Waals surface area contributed by atoms with Crippen molar-refractivity contribution in [3.63, 3.8) is 0 Å². The number of nitrogens with one attached hydrogen (secondary N) is 1. The van der Waals surface area contributed by atoms with E-state index in [4.69, 9.17) is 0 Å². The van der Waals surface area contributed by atoms with Crippen LogP contribution < -0.4 is 5.32 Å². The highest BCUT2D eigenvalue weighted by atomic mass is 14.9. The number of hydrogen-bond acceptors (Lipinski definition) is 2. The number of aryl methyl sites for hydroxylation is 1. The number of para-hydroxylation sites is 1. The summed E-state index contributed by atoms with van der Waals surface area (Å²) in [5.41, 5.74) is 4.48. The number of anilines is 2. The maximum absolute atomic E-state index is 4.59. The first-order valence-corrected chi connectivity index (χ1v) is 7.42. The number of fused-ring (bicyclic) bond motifs is 3. The fraction of sp³-hybridized carbons (Fsp3) is 0.0500. The number of hydrogen-bond donors (Lipinski definition) is 1. The Kier molecular flexibility index (Phi) is 3.01. The van der Waals surface area contributed by atoms with Crippen molar-refractivity contribution in [2.24, 2.45) is 0 Å². The predicted molar refractivity (Wildman–Crippen MR) is 93.7 cm³/mol. The van der Waals surface area contributed by atoms with Crippen LogP contribution in [0, 0.1) is 6.92 Å². The quantitative estimate of drug-likeness (QED) is 0.496. The van der Waals surface area contributed by atoms with Gasteiger partial charge in [-0.05, 0) is 30.0 Å². The molecule has 4 aromatic rings. The van der Waals surface area contributed by atoms with Gasteiger partial charge in [-0.2, -0.15) is 0 Å². The molecule has 22 heavy (non-hydrogen) atoms. The summed E-state index contributed by atoms with van der Waals surface area (Å²) in [6.07, 6.45) is 1.87. The maximum Gasteiger partial charge on any atom is 0.0801 e. The van der Waals surface area contributed by atoms with Gasteiger partial charge in [0.1, 0.15) is 0 Å². The minimum atomic E-state index is 1.04. The summed E-state index contributed by atoms with van der Waals surface area (Å²) in [5.74, 6) is 0. The number of benzene rings is 3. The van der Waals surface area contributed by atoms with Crippen molar-refractivity contribution < 1.29 is 0 Å². The third kappa shape index (κ3) is 2.09. The predicted octanol–water partition coefficient (Wildman–Crippen LogP) is 5.44. The third-order valence-electron chi connectivity index (χ3n) is 4.05. The normalized spacial score (nSPS) is 11.0. The number of nitrogens with zero attached hydrogens (tertiary/aromatic N) is 1. The molecule has 4 rings (SSSR count). The van der Waals surface area contributed by atoms with E-state index in [1.54, 1.807) is 0 Å². The van der Waals surface area contributed by atoms with E-state index in [0.29, 0.717) is 0 Å². The Morgan fingerprint density at radius 2 is 1.55 bits per heavy atom. The van der Waals surface area contributed by atoms with E-state index in [0.717, 1.165) is 22.3 Å². The Hall–Kier alpha value is -2.87. The molecule has 0 fully saturated rings. The van der Waals surface area contributed by atoms with Crippen molar-refractivity contribution in [1.82, 2.24) is 4.98 Å². The van der Waals surface area contributed by atoms with Crippen LogP contribution >= 0.6 is 0 Å². The molecule has 0 saturated heterocycles. The topological polar surface area (TPSA) is 24.9 Å². The van der Waals surface area contributed by atoms with Crippen LogP contribution in [-0.2, 0) is 0 Å². The van der Waals surface area contributed by atoms with Gasteiger partial charge < -0.3 is 5.32 Å². The Bertz CT molecular complexity index is 973. The fourth-order valence-corrected chi connectivity index (χ4v) is 2.85. The lowest BCUT2D eigenvalue weighted by atomic mass is 10.0. The Balaban J connectivity index is 1.92. The van der Waals surface area contributed by atoms with Gasteiger partial charge in [-0.1, -0.05) is 54.6 Å². The molecule has 106 valence electrons. The summed E-state index contributed by atoms with van der Waals surface area (Å²) in [4.78, 5) is 4.59. The van der Waals surface area contributed by atoms with Gasteiger partial charge in [-0.25, -0.2) is 0 Å². The molecule has 0 spiro atoms. The summed E-state index contributed by atoms with van der Waals surface area (Å²) in [7, 11) is 0. The Labute approximate surface area is 129 Å². The van der Waals surface area contributed by atoms with E-state index in [9.17, 15) is 0 Å². The second-order valence-electron chi connectivity index (χ2n) is 5.48. The van der Waals surface area contributed by atoms with Crippen LogP contribution in [0.1, 0.15) is 5.56 Å². The van der Waals surface area contributed by atoms with Crippen molar-refractivity contribution in [2.45, 2.75) is 6.92 Å². The molecule has 0 aliphatic rings. The highest BCUT2D eigenvalue weighted by Gasteiger charge is 2.06. The molecule has 1 aromatic heterocycles. The maximum atomic E-state index is 4.59. The molecule has 2 nitrogen and oxygen atoms in total. The van der Waals surface area contributed by atoms with Crippen molar-refractivity contribution >= 4 is 33.1 Å². The summed E-state index contributed by atoms with van der Waals surface area (Å²) >= 11 is 0. The average molecular weight is 284 g/mol. The molecular formula is C20H16N2. The number of aromatic nitrogens is 1. The van der Waals surface area contributed by atoms with Crippen LogP contribution in [0.15, 0.2) is 72.9 Å². The van der Waals surface area contributed by atoms with Gasteiger partial charge in [-0.3, -0.25) is 4.98 Å². The third-order valence-corrected chi connectivity index (χ3v) is 4.05.